The van der Waals surface area contributed by atoms with Crippen molar-refractivity contribution in [2.75, 3.05) is 6.61 Å². The third kappa shape index (κ3) is 7.40. The summed E-state index contributed by atoms with van der Waals surface area (Å²) in [5.74, 6) is 0.922. The smallest absolute Gasteiger partial charge is 0.305 e. The lowest BCUT2D eigenvalue weighted by Gasteiger charge is -2.13. The lowest BCUT2D eigenvalue weighted by molar-refractivity contribution is -0.143. The van der Waals surface area contributed by atoms with Crippen molar-refractivity contribution < 1.29 is 9.53 Å². The number of esters is 1. The summed E-state index contributed by atoms with van der Waals surface area (Å²) in [6, 6.07) is 0. The molecule has 0 saturated heterocycles. The lowest BCUT2D eigenvalue weighted by Crippen LogP contribution is -2.06. The number of rotatable bonds is 7. The topological polar surface area (TPSA) is 26.3 Å². The van der Waals surface area contributed by atoms with Gasteiger partial charge in [0, 0.05) is 6.42 Å². The Kier molecular flexibility index (Phi) is 8.12. The van der Waals surface area contributed by atoms with Crippen molar-refractivity contribution in [3.63, 3.8) is 0 Å². The van der Waals surface area contributed by atoms with Crippen molar-refractivity contribution in [1.82, 2.24) is 0 Å². The normalized spacial score (nSPS) is 17.7. The monoisotopic (exact) mass is 240 g/mol. The summed E-state index contributed by atoms with van der Waals surface area (Å²) in [4.78, 5) is 11.1. The molecule has 0 unspecified atom stereocenters. The van der Waals surface area contributed by atoms with Crippen molar-refractivity contribution in [3.8, 4) is 0 Å². The summed E-state index contributed by atoms with van der Waals surface area (Å²) in [6.07, 6.45) is 13.7. The Balaban J connectivity index is 1.94. The number of unbranched alkanes of at least 4 members (excludes halogenated alkanes) is 1. The van der Waals surface area contributed by atoms with Gasteiger partial charge in [0.05, 0.1) is 6.61 Å². The molecule has 0 aromatic heterocycles. The second kappa shape index (κ2) is 9.49. The summed E-state index contributed by atoms with van der Waals surface area (Å²) in [6.45, 7) is 2.64. The van der Waals surface area contributed by atoms with E-state index in [-0.39, 0.29) is 5.97 Å². The number of carbonyl (C=O) groups excluding carboxylic acids is 1. The molecule has 0 aromatic carbocycles. The fourth-order valence-electron chi connectivity index (χ4n) is 2.65. The van der Waals surface area contributed by atoms with E-state index in [4.69, 9.17) is 4.74 Å². The predicted octanol–water partition coefficient (Wildman–Crippen LogP) is 4.47. The average molecular weight is 240 g/mol. The van der Waals surface area contributed by atoms with Gasteiger partial charge in [-0.1, -0.05) is 51.9 Å². The molecule has 1 aliphatic carbocycles. The number of hydrogen-bond donors (Lipinski definition) is 0. The van der Waals surface area contributed by atoms with Gasteiger partial charge in [-0.2, -0.15) is 0 Å². The zero-order chi connectivity index (χ0) is 12.3. The van der Waals surface area contributed by atoms with Crippen LogP contribution >= 0.6 is 0 Å². The van der Waals surface area contributed by atoms with E-state index in [2.05, 4.69) is 0 Å². The van der Waals surface area contributed by atoms with Crippen LogP contribution in [0.1, 0.15) is 77.6 Å². The highest BCUT2D eigenvalue weighted by Gasteiger charge is 2.11. The van der Waals surface area contributed by atoms with E-state index >= 15 is 0 Å². The van der Waals surface area contributed by atoms with Crippen LogP contribution in [0, 0.1) is 5.92 Å². The molecule has 0 spiro atoms. The van der Waals surface area contributed by atoms with Crippen LogP contribution in [-0.4, -0.2) is 12.6 Å². The highest BCUT2D eigenvalue weighted by atomic mass is 16.5. The van der Waals surface area contributed by atoms with Crippen LogP contribution in [0.3, 0.4) is 0 Å². The predicted molar refractivity (Wildman–Crippen MR) is 70.9 cm³/mol. The van der Waals surface area contributed by atoms with Crippen LogP contribution in [0.15, 0.2) is 0 Å². The first kappa shape index (κ1) is 14.5. The highest BCUT2D eigenvalue weighted by molar-refractivity contribution is 5.69. The van der Waals surface area contributed by atoms with Crippen molar-refractivity contribution in [1.29, 1.82) is 0 Å². The van der Waals surface area contributed by atoms with Gasteiger partial charge < -0.3 is 4.74 Å². The van der Waals surface area contributed by atoms with E-state index in [1.165, 1.54) is 51.4 Å². The molecule has 0 radical (unpaired) electrons. The number of ether oxygens (including phenoxy) is 1. The van der Waals surface area contributed by atoms with Gasteiger partial charge >= 0.3 is 5.97 Å². The second-order valence-electron chi connectivity index (χ2n) is 5.32. The Morgan fingerprint density at radius 1 is 1.12 bits per heavy atom. The molecule has 1 rings (SSSR count). The zero-order valence-electron chi connectivity index (χ0n) is 11.4. The Morgan fingerprint density at radius 2 is 1.82 bits per heavy atom. The van der Waals surface area contributed by atoms with Crippen LogP contribution in [0.5, 0.6) is 0 Å². The van der Waals surface area contributed by atoms with E-state index in [1.54, 1.807) is 0 Å². The zero-order valence-corrected chi connectivity index (χ0v) is 11.4. The first-order valence-corrected chi connectivity index (χ1v) is 7.48. The van der Waals surface area contributed by atoms with Crippen molar-refractivity contribution in [2.45, 2.75) is 77.6 Å². The Labute approximate surface area is 106 Å². The van der Waals surface area contributed by atoms with E-state index in [0.29, 0.717) is 13.0 Å². The molecule has 0 aromatic rings. The van der Waals surface area contributed by atoms with Gasteiger partial charge in [0.1, 0.15) is 0 Å². The molecule has 0 atom stereocenters. The number of hydrogen-bond acceptors (Lipinski definition) is 2. The fourth-order valence-corrected chi connectivity index (χ4v) is 2.65. The molecule has 0 amide bonds. The Bertz CT molecular complexity index is 193. The van der Waals surface area contributed by atoms with Gasteiger partial charge in [0.25, 0.3) is 0 Å². The molecule has 0 bridgehead atoms. The summed E-state index contributed by atoms with van der Waals surface area (Å²) in [7, 11) is 0. The quantitative estimate of drug-likeness (QED) is 0.373. The van der Waals surface area contributed by atoms with Gasteiger partial charge in [-0.25, -0.2) is 0 Å². The second-order valence-corrected chi connectivity index (χ2v) is 5.32. The average Bonchev–Trinajstić information content (AvgIpc) is 2.57. The minimum absolute atomic E-state index is 0.0260. The molecule has 17 heavy (non-hydrogen) atoms. The van der Waals surface area contributed by atoms with Crippen molar-refractivity contribution >= 4 is 5.97 Å². The van der Waals surface area contributed by atoms with Gasteiger partial charge in [0.15, 0.2) is 0 Å². The summed E-state index contributed by atoms with van der Waals surface area (Å²) in [5, 5.41) is 0. The molecular weight excluding hydrogens is 212 g/mol. The van der Waals surface area contributed by atoms with E-state index in [1.807, 2.05) is 6.92 Å². The molecule has 1 aliphatic rings. The van der Waals surface area contributed by atoms with Gasteiger partial charge in [-0.3, -0.25) is 4.79 Å². The van der Waals surface area contributed by atoms with Crippen LogP contribution in [-0.2, 0) is 9.53 Å². The standard InChI is InChI=1S/C15H28O2/c1-2-9-15(16)17-13-8-7-12-14-10-5-3-4-6-11-14/h14H,2-13H2,1H3. The molecule has 1 fully saturated rings. The molecular formula is C15H28O2. The maximum Gasteiger partial charge on any atom is 0.305 e. The molecule has 0 heterocycles. The van der Waals surface area contributed by atoms with Crippen LogP contribution in [0.2, 0.25) is 0 Å². The molecule has 1 saturated carbocycles. The molecule has 0 N–H and O–H groups in total. The number of carbonyl (C=O) groups is 1. The Hall–Kier alpha value is -0.530. The van der Waals surface area contributed by atoms with Crippen LogP contribution in [0.4, 0.5) is 0 Å². The van der Waals surface area contributed by atoms with Gasteiger partial charge in [0.2, 0.25) is 0 Å². The lowest BCUT2D eigenvalue weighted by atomic mass is 9.94. The Morgan fingerprint density at radius 3 is 2.47 bits per heavy atom. The highest BCUT2D eigenvalue weighted by Crippen LogP contribution is 2.26. The van der Waals surface area contributed by atoms with Crippen LogP contribution < -0.4 is 0 Å². The molecule has 2 nitrogen and oxygen atoms in total. The van der Waals surface area contributed by atoms with Crippen LogP contribution in [0.25, 0.3) is 0 Å². The first-order chi connectivity index (χ1) is 8.33. The molecule has 0 aliphatic heterocycles. The van der Waals surface area contributed by atoms with E-state index in [0.717, 1.165) is 18.8 Å². The van der Waals surface area contributed by atoms with E-state index < -0.39 is 0 Å². The largest absolute Gasteiger partial charge is 0.466 e. The summed E-state index contributed by atoms with van der Waals surface area (Å²) < 4.78 is 5.16. The fraction of sp³-hybridized carbons (Fsp3) is 0.933. The first-order valence-electron chi connectivity index (χ1n) is 7.48. The minimum Gasteiger partial charge on any atom is -0.466 e. The maximum atomic E-state index is 11.1. The molecule has 2 heteroatoms. The summed E-state index contributed by atoms with van der Waals surface area (Å²) in [5.41, 5.74) is 0. The van der Waals surface area contributed by atoms with Crippen molar-refractivity contribution in [2.24, 2.45) is 5.92 Å². The van der Waals surface area contributed by atoms with E-state index in [9.17, 15) is 4.79 Å². The third-order valence-electron chi connectivity index (χ3n) is 3.70. The summed E-state index contributed by atoms with van der Waals surface area (Å²) >= 11 is 0. The molecule has 100 valence electrons. The SMILES string of the molecule is CCCC(=O)OCCCCC1CCCCCC1. The van der Waals surface area contributed by atoms with Gasteiger partial charge in [-0.15, -0.1) is 0 Å². The maximum absolute atomic E-state index is 11.1. The van der Waals surface area contributed by atoms with Crippen molar-refractivity contribution in [3.05, 3.63) is 0 Å². The minimum atomic E-state index is -0.0260. The van der Waals surface area contributed by atoms with Gasteiger partial charge in [-0.05, 0) is 25.2 Å². The third-order valence-corrected chi connectivity index (χ3v) is 3.70.